The molecular weight excluding hydrogens is 562 g/mol. The van der Waals surface area contributed by atoms with Crippen LogP contribution in [-0.2, 0) is 16.0 Å². The molecule has 0 saturated carbocycles. The molecule has 2 atom stereocenters. The summed E-state index contributed by atoms with van der Waals surface area (Å²) in [6, 6.07) is 21.8. The number of nitrogens with one attached hydrogen (secondary N) is 1. The Hall–Kier alpha value is -3.85. The summed E-state index contributed by atoms with van der Waals surface area (Å²) < 4.78 is 13.0. The Morgan fingerprint density at radius 2 is 1.90 bits per heavy atom. The molecule has 202 valence electrons. The summed E-state index contributed by atoms with van der Waals surface area (Å²) in [5.41, 5.74) is 10.3. The fourth-order valence-electron chi connectivity index (χ4n) is 4.43. The number of carbonyl (C=O) groups excluding carboxylic acids is 1. The number of rotatable bonds is 11. The first-order valence-corrected chi connectivity index (χ1v) is 13.5. The molecule has 4 rings (SSSR count). The van der Waals surface area contributed by atoms with Gasteiger partial charge in [-0.3, -0.25) is 4.79 Å². The van der Waals surface area contributed by atoms with Crippen molar-refractivity contribution in [3.8, 4) is 5.75 Å². The lowest BCUT2D eigenvalue weighted by atomic mass is 9.81. The second kappa shape index (κ2) is 12.8. The van der Waals surface area contributed by atoms with Crippen molar-refractivity contribution in [2.75, 3.05) is 13.2 Å². The molecule has 3 aromatic carbocycles. The van der Waals surface area contributed by atoms with Gasteiger partial charge >= 0.3 is 0 Å². The molecule has 0 fully saturated rings. The van der Waals surface area contributed by atoms with E-state index in [2.05, 4.69) is 31.3 Å². The first-order valence-electron chi connectivity index (χ1n) is 12.7. The molecule has 0 aliphatic carbocycles. The molecule has 0 radical (unpaired) electrons. The minimum Gasteiger partial charge on any atom is -0.494 e. The molecule has 1 heterocycles. The molecule has 39 heavy (non-hydrogen) atoms. The van der Waals surface area contributed by atoms with Crippen LogP contribution in [0.2, 0.25) is 0 Å². The van der Waals surface area contributed by atoms with Gasteiger partial charge in [-0.25, -0.2) is 4.99 Å². The van der Waals surface area contributed by atoms with E-state index < -0.39 is 11.6 Å². The summed E-state index contributed by atoms with van der Waals surface area (Å²) in [5.74, 6) is 0.643. The van der Waals surface area contributed by atoms with Crippen LogP contribution in [0.1, 0.15) is 43.1 Å². The quantitative estimate of drug-likeness (QED) is 0.119. The Kier molecular flexibility index (Phi) is 9.24. The number of amides is 1. The molecule has 9 nitrogen and oxygen atoms in total. The van der Waals surface area contributed by atoms with Crippen molar-refractivity contribution in [1.82, 2.24) is 5.32 Å². The van der Waals surface area contributed by atoms with E-state index in [1.807, 2.05) is 56.3 Å². The summed E-state index contributed by atoms with van der Waals surface area (Å²) in [7, 11) is 0. The molecular formula is C29H30BrN5O4. The number of hydrogen-bond acceptors (Lipinski definition) is 6. The number of ether oxygens (including phenoxy) is 2. The first-order chi connectivity index (χ1) is 18.9. The van der Waals surface area contributed by atoms with Crippen molar-refractivity contribution in [3.05, 3.63) is 104 Å². The number of aliphatic hydroxyl groups is 1. The molecule has 0 unspecified atom stereocenters. The Morgan fingerprint density at radius 1 is 1.18 bits per heavy atom. The maximum Gasteiger partial charge on any atom is 0.252 e. The van der Waals surface area contributed by atoms with Crippen LogP contribution in [0.3, 0.4) is 0 Å². The fraction of sp³-hybridized carbons (Fsp3) is 0.310. The zero-order chi connectivity index (χ0) is 27.8. The fourth-order valence-corrected chi connectivity index (χ4v) is 4.85. The third kappa shape index (κ3) is 6.42. The SMILES string of the molecule is CC(C)NC(=O)[C@]1(Cc2ccccc2Br)N=C(c2ccc(OCCCO)cc2)O[C@@H]1c1ccccc1N=[N+]=[N-]. The van der Waals surface area contributed by atoms with Crippen molar-refractivity contribution in [1.29, 1.82) is 0 Å². The number of nitrogens with zero attached hydrogens (tertiary/aromatic N) is 4. The van der Waals surface area contributed by atoms with Crippen molar-refractivity contribution in [3.63, 3.8) is 0 Å². The van der Waals surface area contributed by atoms with Crippen LogP contribution in [0.4, 0.5) is 5.69 Å². The average molecular weight is 592 g/mol. The minimum atomic E-state index is -1.40. The number of hydrogen-bond donors (Lipinski definition) is 2. The van der Waals surface area contributed by atoms with Crippen LogP contribution >= 0.6 is 15.9 Å². The maximum atomic E-state index is 14.1. The monoisotopic (exact) mass is 591 g/mol. The van der Waals surface area contributed by atoms with Gasteiger partial charge in [0, 0.05) is 51.7 Å². The number of aliphatic imine (C=N–C) groups is 1. The van der Waals surface area contributed by atoms with E-state index in [9.17, 15) is 10.3 Å². The predicted octanol–water partition coefficient (Wildman–Crippen LogP) is 6.18. The van der Waals surface area contributed by atoms with Gasteiger partial charge in [0.1, 0.15) is 5.75 Å². The Bertz CT molecular complexity index is 1390. The van der Waals surface area contributed by atoms with Gasteiger partial charge in [0.25, 0.3) is 5.91 Å². The zero-order valence-electron chi connectivity index (χ0n) is 21.8. The van der Waals surface area contributed by atoms with Crippen molar-refractivity contribution in [2.45, 2.75) is 44.4 Å². The lowest BCUT2D eigenvalue weighted by Crippen LogP contribution is -2.51. The normalized spacial score (nSPS) is 18.2. The van der Waals surface area contributed by atoms with Gasteiger partial charge in [0.15, 0.2) is 11.6 Å². The van der Waals surface area contributed by atoms with Gasteiger partial charge in [0.2, 0.25) is 5.90 Å². The van der Waals surface area contributed by atoms with E-state index in [0.717, 1.165) is 10.0 Å². The van der Waals surface area contributed by atoms with Crippen LogP contribution in [-0.4, -0.2) is 41.7 Å². The molecule has 2 N–H and O–H groups in total. The smallest absolute Gasteiger partial charge is 0.252 e. The van der Waals surface area contributed by atoms with Gasteiger partial charge in [-0.15, -0.1) is 0 Å². The zero-order valence-corrected chi connectivity index (χ0v) is 23.3. The third-order valence-electron chi connectivity index (χ3n) is 6.24. The molecule has 1 aliphatic rings. The Labute approximate surface area is 235 Å². The lowest BCUT2D eigenvalue weighted by Gasteiger charge is -2.32. The third-order valence-corrected chi connectivity index (χ3v) is 7.01. The summed E-state index contributed by atoms with van der Waals surface area (Å²) in [5, 5.41) is 15.9. The highest BCUT2D eigenvalue weighted by Crippen LogP contribution is 2.46. The molecule has 0 spiro atoms. The number of benzene rings is 3. The maximum absolute atomic E-state index is 14.1. The van der Waals surface area contributed by atoms with E-state index in [1.165, 1.54) is 0 Å². The van der Waals surface area contributed by atoms with Gasteiger partial charge in [-0.1, -0.05) is 63.5 Å². The number of aliphatic hydroxyl groups excluding tert-OH is 1. The predicted molar refractivity (Wildman–Crippen MR) is 153 cm³/mol. The molecule has 0 bridgehead atoms. The van der Waals surface area contributed by atoms with Gasteiger partial charge in [-0.2, -0.15) is 0 Å². The van der Waals surface area contributed by atoms with Crippen molar-refractivity contribution >= 4 is 33.4 Å². The topological polar surface area (TPSA) is 129 Å². The summed E-state index contributed by atoms with van der Waals surface area (Å²) in [4.78, 5) is 22.1. The largest absolute Gasteiger partial charge is 0.494 e. The molecule has 0 aromatic heterocycles. The second-order valence-corrected chi connectivity index (χ2v) is 10.3. The standard InChI is InChI=1S/C29H30BrN5O4/c1-19(2)32-28(37)29(18-21-8-3-5-10-24(21)30)26(23-9-4-6-11-25(23)34-35-31)39-27(33-29)20-12-14-22(15-13-20)38-17-7-16-36/h3-6,8-15,19,26,36H,7,16-18H2,1-2H3,(H,32,37)/t26-,29-/m1/s1. The minimum absolute atomic E-state index is 0.0551. The van der Waals surface area contributed by atoms with E-state index in [4.69, 9.17) is 19.6 Å². The average Bonchev–Trinajstić information content (AvgIpc) is 3.31. The highest BCUT2D eigenvalue weighted by atomic mass is 79.9. The summed E-state index contributed by atoms with van der Waals surface area (Å²) in [6.45, 7) is 4.24. The number of carbonyl (C=O) groups is 1. The Balaban J connectivity index is 1.85. The van der Waals surface area contributed by atoms with Crippen LogP contribution in [0, 0.1) is 0 Å². The molecule has 1 aliphatic heterocycles. The lowest BCUT2D eigenvalue weighted by molar-refractivity contribution is -0.129. The number of halogens is 1. The van der Waals surface area contributed by atoms with E-state index in [1.54, 1.807) is 30.3 Å². The second-order valence-electron chi connectivity index (χ2n) is 9.43. The van der Waals surface area contributed by atoms with Crippen LogP contribution in [0.25, 0.3) is 10.4 Å². The molecule has 3 aromatic rings. The van der Waals surface area contributed by atoms with Crippen LogP contribution in [0.5, 0.6) is 5.75 Å². The summed E-state index contributed by atoms with van der Waals surface area (Å²) >= 11 is 3.62. The highest BCUT2D eigenvalue weighted by Gasteiger charge is 2.54. The Morgan fingerprint density at radius 3 is 2.59 bits per heavy atom. The van der Waals surface area contributed by atoms with Crippen LogP contribution in [0.15, 0.2) is 87.4 Å². The molecule has 1 amide bonds. The van der Waals surface area contributed by atoms with E-state index in [0.29, 0.717) is 41.5 Å². The van der Waals surface area contributed by atoms with Gasteiger partial charge < -0.3 is 19.9 Å². The van der Waals surface area contributed by atoms with Crippen LogP contribution < -0.4 is 10.1 Å². The van der Waals surface area contributed by atoms with Crippen molar-refractivity contribution < 1.29 is 19.4 Å². The van der Waals surface area contributed by atoms with E-state index >= 15 is 0 Å². The number of azide groups is 1. The molecule has 0 saturated heterocycles. The van der Waals surface area contributed by atoms with Crippen molar-refractivity contribution in [2.24, 2.45) is 10.1 Å². The highest BCUT2D eigenvalue weighted by molar-refractivity contribution is 9.10. The first kappa shape index (κ1) is 28.2. The van der Waals surface area contributed by atoms with Gasteiger partial charge in [-0.05, 0) is 55.3 Å². The summed E-state index contributed by atoms with van der Waals surface area (Å²) in [6.07, 6.45) is -0.110. The van der Waals surface area contributed by atoms with E-state index in [-0.39, 0.29) is 25.0 Å². The molecule has 10 heteroatoms. The van der Waals surface area contributed by atoms with Gasteiger partial charge in [0.05, 0.1) is 6.61 Å².